The Morgan fingerprint density at radius 3 is 2.46 bits per heavy atom. The van der Waals surface area contributed by atoms with Crippen LogP contribution in [0.2, 0.25) is 0 Å². The van der Waals surface area contributed by atoms with Crippen LogP contribution in [-0.2, 0) is 11.3 Å². The molecule has 1 heterocycles. The van der Waals surface area contributed by atoms with Crippen molar-refractivity contribution in [3.8, 4) is 0 Å². The summed E-state index contributed by atoms with van der Waals surface area (Å²) in [7, 11) is 0. The fourth-order valence-corrected chi connectivity index (χ4v) is 10.9. The predicted molar refractivity (Wildman–Crippen MR) is 151 cm³/mol. The number of fused-ring (bicyclic) bond motifs is 7. The van der Waals surface area contributed by atoms with E-state index in [0.29, 0.717) is 23.8 Å². The van der Waals surface area contributed by atoms with Crippen LogP contribution in [0.15, 0.2) is 35.5 Å². The molecule has 1 aromatic heterocycles. The van der Waals surface area contributed by atoms with Crippen LogP contribution in [0.4, 0.5) is 0 Å². The van der Waals surface area contributed by atoms with Gasteiger partial charge in [0.05, 0.1) is 12.8 Å². The van der Waals surface area contributed by atoms with Gasteiger partial charge in [-0.25, -0.2) is 4.85 Å². The number of aliphatic hydroxyl groups is 1. The van der Waals surface area contributed by atoms with Crippen molar-refractivity contribution in [2.24, 2.45) is 50.2 Å². The van der Waals surface area contributed by atoms with Gasteiger partial charge in [-0.2, -0.15) is 0 Å². The van der Waals surface area contributed by atoms with Crippen LogP contribution in [-0.4, -0.2) is 25.9 Å². The summed E-state index contributed by atoms with van der Waals surface area (Å²) in [5.41, 5.74) is 0.958. The van der Waals surface area contributed by atoms with Crippen molar-refractivity contribution in [3.05, 3.63) is 46.9 Å². The number of aromatic nitrogens is 3. The third kappa shape index (κ3) is 3.40. The molecule has 1 aromatic rings. The van der Waals surface area contributed by atoms with Crippen molar-refractivity contribution in [3.63, 3.8) is 0 Å². The van der Waals surface area contributed by atoms with Gasteiger partial charge in [0.15, 0.2) is 5.78 Å². The second kappa shape index (κ2) is 8.08. The summed E-state index contributed by atoms with van der Waals surface area (Å²) in [6, 6.07) is 0. The maximum atomic E-state index is 14.6. The van der Waals surface area contributed by atoms with Crippen LogP contribution in [0.3, 0.4) is 0 Å². The molecule has 39 heavy (non-hydrogen) atoms. The van der Waals surface area contributed by atoms with E-state index in [2.05, 4.69) is 69.7 Å². The number of carbonyl (C=O) groups is 1. The standard InChI is InChI=1S/C33H46N4O2/c1-28(2)11-13-33(20-37-16-15-35-36-37)14-12-32(7)26(21(33)18-28)23(38)17-25-30(5)19-22(34-8)27(39)29(3,4)24(30)9-10-31(25,32)6/h15-17,21,24,26,39H,9-14,18-20H2,1-7H3/t21-,24-,26-,30-,31+,32+,33+/m0/s1. The summed E-state index contributed by atoms with van der Waals surface area (Å²) < 4.78 is 2.01. The van der Waals surface area contributed by atoms with Crippen molar-refractivity contribution in [2.75, 3.05) is 0 Å². The summed E-state index contributed by atoms with van der Waals surface area (Å²) in [5, 5.41) is 19.5. The number of hydrogen-bond acceptors (Lipinski definition) is 4. The lowest BCUT2D eigenvalue weighted by molar-refractivity contribution is -0.175. The van der Waals surface area contributed by atoms with E-state index < -0.39 is 5.41 Å². The molecule has 210 valence electrons. The van der Waals surface area contributed by atoms with Crippen molar-refractivity contribution >= 4 is 5.78 Å². The molecule has 5 aliphatic rings. The van der Waals surface area contributed by atoms with Gasteiger partial charge in [-0.15, -0.1) is 5.10 Å². The summed E-state index contributed by atoms with van der Waals surface area (Å²) in [5.74, 6) is 1.06. The molecule has 0 bridgehead atoms. The van der Waals surface area contributed by atoms with Crippen LogP contribution in [0.25, 0.3) is 4.85 Å². The number of carbonyl (C=O) groups excluding carboxylic acids is 1. The van der Waals surface area contributed by atoms with E-state index in [1.807, 2.05) is 10.9 Å². The number of rotatable bonds is 2. The maximum Gasteiger partial charge on any atom is 0.203 e. The Morgan fingerprint density at radius 2 is 1.79 bits per heavy atom. The summed E-state index contributed by atoms with van der Waals surface area (Å²) in [6.07, 6.45) is 13.9. The molecular formula is C33H46N4O2. The first kappa shape index (κ1) is 26.8. The predicted octanol–water partition coefficient (Wildman–Crippen LogP) is 7.56. The van der Waals surface area contributed by atoms with Gasteiger partial charge < -0.3 is 5.11 Å². The molecule has 0 saturated heterocycles. The van der Waals surface area contributed by atoms with Gasteiger partial charge in [-0.3, -0.25) is 9.48 Å². The average Bonchev–Trinajstić information content (AvgIpc) is 3.36. The van der Waals surface area contributed by atoms with Crippen molar-refractivity contribution in [1.29, 1.82) is 0 Å². The molecule has 3 saturated carbocycles. The Kier molecular flexibility index (Phi) is 5.55. The van der Waals surface area contributed by atoms with E-state index in [9.17, 15) is 9.90 Å². The minimum absolute atomic E-state index is 0.0101. The van der Waals surface area contributed by atoms with E-state index in [4.69, 9.17) is 6.57 Å². The Hall–Kier alpha value is -2.42. The van der Waals surface area contributed by atoms with E-state index in [-0.39, 0.29) is 44.7 Å². The Morgan fingerprint density at radius 1 is 1.08 bits per heavy atom. The van der Waals surface area contributed by atoms with Gasteiger partial charge in [-0.1, -0.05) is 59.3 Å². The smallest absolute Gasteiger partial charge is 0.203 e. The highest BCUT2D eigenvalue weighted by Gasteiger charge is 2.69. The number of hydrogen-bond donors (Lipinski definition) is 1. The van der Waals surface area contributed by atoms with Gasteiger partial charge in [0, 0.05) is 24.1 Å². The van der Waals surface area contributed by atoms with Crippen LogP contribution < -0.4 is 0 Å². The van der Waals surface area contributed by atoms with Gasteiger partial charge in [-0.05, 0) is 96.4 Å². The highest BCUT2D eigenvalue weighted by molar-refractivity contribution is 5.95. The zero-order valence-corrected chi connectivity index (χ0v) is 25.0. The van der Waals surface area contributed by atoms with Crippen LogP contribution in [0.5, 0.6) is 0 Å². The SMILES string of the molecule is [C-]#[N+]C1=C(O)C(C)(C)[C@@H]2CC[C@]3(C)C(=CC(=O)[C@@H]4[C@@H]5CC(C)(C)CC[C@]5(Cn5ccnn5)CC[C@]43C)[C@@]2(C)C1. The lowest BCUT2D eigenvalue weighted by Gasteiger charge is -2.70. The summed E-state index contributed by atoms with van der Waals surface area (Å²) in [4.78, 5) is 18.4. The fourth-order valence-electron chi connectivity index (χ4n) is 10.9. The van der Waals surface area contributed by atoms with Crippen LogP contribution in [0.1, 0.15) is 99.8 Å². The minimum atomic E-state index is -0.483. The second-order valence-electron chi connectivity index (χ2n) is 15.9. The Labute approximate surface area is 234 Å². The molecule has 7 atom stereocenters. The molecule has 0 spiro atoms. The third-order valence-electron chi connectivity index (χ3n) is 13.2. The largest absolute Gasteiger partial charge is 0.523 e. The van der Waals surface area contributed by atoms with Crippen molar-refractivity contribution in [2.45, 2.75) is 106 Å². The number of allylic oxidation sites excluding steroid dienone is 4. The molecule has 6 nitrogen and oxygen atoms in total. The quantitative estimate of drug-likeness (QED) is 0.401. The lowest BCUT2D eigenvalue weighted by atomic mass is 9.34. The molecule has 0 aliphatic heterocycles. The molecule has 1 N–H and O–H groups in total. The topological polar surface area (TPSA) is 72.4 Å². The van der Waals surface area contributed by atoms with Gasteiger partial charge in [0.25, 0.3) is 0 Å². The molecule has 0 aromatic carbocycles. The Bertz CT molecular complexity index is 1320. The molecule has 6 heteroatoms. The monoisotopic (exact) mass is 530 g/mol. The normalized spacial score (nSPS) is 44.3. The van der Waals surface area contributed by atoms with E-state index in [0.717, 1.165) is 45.1 Å². The summed E-state index contributed by atoms with van der Waals surface area (Å²) in [6.45, 7) is 24.8. The fraction of sp³-hybridized carbons (Fsp3) is 0.758. The second-order valence-corrected chi connectivity index (χ2v) is 15.9. The van der Waals surface area contributed by atoms with Crippen molar-refractivity contribution in [1.82, 2.24) is 15.0 Å². The maximum absolute atomic E-state index is 14.6. The van der Waals surface area contributed by atoms with E-state index in [1.165, 1.54) is 12.0 Å². The van der Waals surface area contributed by atoms with Crippen LogP contribution >= 0.6 is 0 Å². The molecule has 6 rings (SSSR count). The number of nitrogens with zero attached hydrogens (tertiary/aromatic N) is 4. The van der Waals surface area contributed by atoms with Gasteiger partial charge in [0.1, 0.15) is 5.76 Å². The van der Waals surface area contributed by atoms with Gasteiger partial charge in [0.2, 0.25) is 5.70 Å². The molecule has 0 radical (unpaired) electrons. The molecule has 3 fully saturated rings. The minimum Gasteiger partial charge on any atom is -0.523 e. The van der Waals surface area contributed by atoms with E-state index in [1.54, 1.807) is 6.20 Å². The van der Waals surface area contributed by atoms with Gasteiger partial charge >= 0.3 is 0 Å². The highest BCUT2D eigenvalue weighted by Crippen LogP contribution is 2.75. The third-order valence-corrected chi connectivity index (χ3v) is 13.2. The first-order valence-corrected chi connectivity index (χ1v) is 15.0. The molecule has 0 unspecified atom stereocenters. The Balaban J connectivity index is 1.49. The molecular weight excluding hydrogens is 484 g/mol. The lowest BCUT2D eigenvalue weighted by Crippen LogP contribution is -2.65. The number of ketones is 1. The zero-order valence-electron chi connectivity index (χ0n) is 25.0. The van der Waals surface area contributed by atoms with Crippen molar-refractivity contribution < 1.29 is 9.90 Å². The molecule has 5 aliphatic carbocycles. The first-order valence-electron chi connectivity index (χ1n) is 15.0. The summed E-state index contributed by atoms with van der Waals surface area (Å²) >= 11 is 0. The number of aliphatic hydroxyl groups excluding tert-OH is 1. The first-order chi connectivity index (χ1) is 18.1. The average molecular weight is 531 g/mol. The van der Waals surface area contributed by atoms with Crippen LogP contribution in [0, 0.1) is 56.8 Å². The zero-order chi connectivity index (χ0) is 28.2. The highest BCUT2D eigenvalue weighted by atomic mass is 16.3. The molecule has 0 amide bonds. The van der Waals surface area contributed by atoms with E-state index >= 15 is 0 Å².